The van der Waals surface area contributed by atoms with Crippen LogP contribution in [0.4, 0.5) is 8.78 Å². The summed E-state index contributed by atoms with van der Waals surface area (Å²) in [5.74, 6) is -0.818. The fraction of sp³-hybridized carbons (Fsp3) is 0.350. The van der Waals surface area contributed by atoms with Gasteiger partial charge in [0.25, 0.3) is 0 Å². The van der Waals surface area contributed by atoms with E-state index in [1.165, 1.54) is 11.6 Å². The molecule has 2 aromatic carbocycles. The van der Waals surface area contributed by atoms with Crippen LogP contribution in [0.15, 0.2) is 42.5 Å². The molecule has 0 saturated heterocycles. The van der Waals surface area contributed by atoms with Gasteiger partial charge in [-0.2, -0.15) is 0 Å². The Balaban J connectivity index is 1.43. The monoisotopic (exact) mass is 328 g/mol. The number of carbonyl (C=O) groups excluding carboxylic acids is 1. The minimum Gasteiger partial charge on any atom is -0.497 e. The van der Waals surface area contributed by atoms with Gasteiger partial charge in [0.15, 0.2) is 5.78 Å². The zero-order valence-electron chi connectivity index (χ0n) is 13.4. The van der Waals surface area contributed by atoms with Crippen LogP contribution in [-0.4, -0.2) is 12.9 Å². The number of hydrogen-bond donors (Lipinski definition) is 0. The summed E-state index contributed by atoms with van der Waals surface area (Å²) in [6.45, 7) is 0. The van der Waals surface area contributed by atoms with Crippen molar-refractivity contribution in [2.24, 2.45) is 5.41 Å². The first-order chi connectivity index (χ1) is 11.5. The molecular weight excluding hydrogens is 310 g/mol. The lowest BCUT2D eigenvalue weighted by Gasteiger charge is -2.71. The highest BCUT2D eigenvalue weighted by molar-refractivity contribution is 5.97. The van der Waals surface area contributed by atoms with Crippen molar-refractivity contribution in [2.75, 3.05) is 7.11 Å². The number of rotatable bonds is 5. The largest absolute Gasteiger partial charge is 0.497 e. The maximum Gasteiger partial charge on any atom is 0.166 e. The molecule has 0 spiro atoms. The van der Waals surface area contributed by atoms with Crippen molar-refractivity contribution >= 4 is 5.78 Å². The molecule has 2 bridgehead atoms. The van der Waals surface area contributed by atoms with Crippen LogP contribution in [0.1, 0.15) is 41.6 Å². The van der Waals surface area contributed by atoms with E-state index in [0.717, 1.165) is 37.1 Å². The van der Waals surface area contributed by atoms with E-state index in [1.54, 1.807) is 7.11 Å². The number of halogens is 2. The summed E-state index contributed by atoms with van der Waals surface area (Å²) in [4.78, 5) is 12.4. The zero-order chi connectivity index (χ0) is 16.9. The molecule has 0 amide bonds. The minimum absolute atomic E-state index is 0.000350. The Morgan fingerprint density at radius 2 is 1.75 bits per heavy atom. The Morgan fingerprint density at radius 3 is 2.33 bits per heavy atom. The van der Waals surface area contributed by atoms with E-state index in [0.29, 0.717) is 6.42 Å². The molecule has 0 N–H and O–H groups in total. The Kier molecular flexibility index (Phi) is 3.27. The molecule has 2 nitrogen and oxygen atoms in total. The quantitative estimate of drug-likeness (QED) is 0.746. The lowest BCUT2D eigenvalue weighted by molar-refractivity contribution is -0.138. The van der Waals surface area contributed by atoms with E-state index in [-0.39, 0.29) is 22.2 Å². The van der Waals surface area contributed by atoms with E-state index in [1.807, 2.05) is 12.1 Å². The summed E-state index contributed by atoms with van der Waals surface area (Å²) >= 11 is 0. The SMILES string of the molecule is COc1ccc(C23CC(CC(=O)c4ccc(F)cc4F)(C2)C3)cc1. The van der Waals surface area contributed by atoms with Crippen molar-refractivity contribution in [1.82, 2.24) is 0 Å². The van der Waals surface area contributed by atoms with Gasteiger partial charge in [0, 0.05) is 12.5 Å². The second kappa shape index (κ2) is 5.13. The molecular formula is C20H18F2O2. The third kappa shape index (κ3) is 2.24. The average Bonchev–Trinajstić information content (AvgIpc) is 2.49. The van der Waals surface area contributed by atoms with Gasteiger partial charge in [-0.3, -0.25) is 4.79 Å². The molecule has 3 aliphatic carbocycles. The highest BCUT2D eigenvalue weighted by Crippen LogP contribution is 2.75. The third-order valence-corrected chi connectivity index (χ3v) is 5.61. The number of methoxy groups -OCH3 is 1. The van der Waals surface area contributed by atoms with Crippen LogP contribution in [0.2, 0.25) is 0 Å². The molecule has 3 saturated carbocycles. The number of Topliss-reactive ketones (excluding diaryl/α,β-unsaturated/α-hetero) is 1. The zero-order valence-corrected chi connectivity index (χ0v) is 13.4. The van der Waals surface area contributed by atoms with Crippen molar-refractivity contribution in [2.45, 2.75) is 31.1 Å². The van der Waals surface area contributed by atoms with Crippen LogP contribution >= 0.6 is 0 Å². The van der Waals surface area contributed by atoms with Crippen molar-refractivity contribution < 1.29 is 18.3 Å². The average molecular weight is 328 g/mol. The Hall–Kier alpha value is -2.23. The molecule has 0 unspecified atom stereocenters. The summed E-state index contributed by atoms with van der Waals surface area (Å²) < 4.78 is 31.9. The molecule has 0 heterocycles. The minimum atomic E-state index is -0.767. The van der Waals surface area contributed by atoms with Crippen LogP contribution in [0.25, 0.3) is 0 Å². The van der Waals surface area contributed by atoms with Gasteiger partial charge in [0.1, 0.15) is 17.4 Å². The summed E-state index contributed by atoms with van der Waals surface area (Å²) in [6, 6.07) is 11.2. The van der Waals surface area contributed by atoms with E-state index < -0.39 is 11.6 Å². The van der Waals surface area contributed by atoms with Crippen molar-refractivity contribution in [3.05, 3.63) is 65.2 Å². The summed E-state index contributed by atoms with van der Waals surface area (Å²) in [7, 11) is 1.64. The molecule has 3 fully saturated rings. The number of ketones is 1. The van der Waals surface area contributed by atoms with E-state index in [9.17, 15) is 13.6 Å². The number of benzene rings is 2. The Morgan fingerprint density at radius 1 is 1.08 bits per heavy atom. The van der Waals surface area contributed by atoms with Crippen molar-refractivity contribution in [1.29, 1.82) is 0 Å². The van der Waals surface area contributed by atoms with E-state index >= 15 is 0 Å². The first kappa shape index (κ1) is 15.3. The maximum atomic E-state index is 13.7. The van der Waals surface area contributed by atoms with Crippen LogP contribution in [-0.2, 0) is 5.41 Å². The lowest BCUT2D eigenvalue weighted by Crippen LogP contribution is -2.65. The van der Waals surface area contributed by atoms with E-state index in [2.05, 4.69) is 12.1 Å². The van der Waals surface area contributed by atoms with Gasteiger partial charge in [-0.25, -0.2) is 8.78 Å². The normalized spacial score (nSPS) is 27.1. The van der Waals surface area contributed by atoms with Gasteiger partial charge >= 0.3 is 0 Å². The number of ether oxygens (including phenoxy) is 1. The summed E-state index contributed by atoms with van der Waals surface area (Å²) in [5.41, 5.74) is 1.45. The van der Waals surface area contributed by atoms with Crippen LogP contribution < -0.4 is 4.74 Å². The van der Waals surface area contributed by atoms with Gasteiger partial charge in [-0.1, -0.05) is 12.1 Å². The van der Waals surface area contributed by atoms with Crippen LogP contribution in [0.5, 0.6) is 5.75 Å². The molecule has 0 aliphatic heterocycles. The van der Waals surface area contributed by atoms with Crippen molar-refractivity contribution in [3.63, 3.8) is 0 Å². The molecule has 2 aromatic rings. The molecule has 3 aliphatic rings. The second-order valence-corrected chi connectivity index (χ2v) is 7.26. The van der Waals surface area contributed by atoms with Crippen molar-refractivity contribution in [3.8, 4) is 5.75 Å². The highest BCUT2D eigenvalue weighted by atomic mass is 19.1. The fourth-order valence-electron chi connectivity index (χ4n) is 4.59. The fourth-order valence-corrected chi connectivity index (χ4v) is 4.59. The molecule has 0 radical (unpaired) electrons. The van der Waals surface area contributed by atoms with Crippen LogP contribution in [0.3, 0.4) is 0 Å². The molecule has 5 rings (SSSR count). The predicted molar refractivity (Wildman–Crippen MR) is 86.3 cm³/mol. The maximum absolute atomic E-state index is 13.7. The predicted octanol–water partition coefficient (Wildman–Crippen LogP) is 4.67. The van der Waals surface area contributed by atoms with Gasteiger partial charge in [0.05, 0.1) is 12.7 Å². The second-order valence-electron chi connectivity index (χ2n) is 7.26. The first-order valence-electron chi connectivity index (χ1n) is 8.08. The molecule has 124 valence electrons. The van der Waals surface area contributed by atoms with Gasteiger partial charge in [-0.05, 0) is 59.9 Å². The van der Waals surface area contributed by atoms with Gasteiger partial charge in [0.2, 0.25) is 0 Å². The topological polar surface area (TPSA) is 26.3 Å². The lowest BCUT2D eigenvalue weighted by atomic mass is 9.32. The first-order valence-corrected chi connectivity index (χ1v) is 8.08. The third-order valence-electron chi connectivity index (χ3n) is 5.61. The number of hydrogen-bond acceptors (Lipinski definition) is 2. The molecule has 24 heavy (non-hydrogen) atoms. The smallest absolute Gasteiger partial charge is 0.166 e. The standard InChI is InChI=1S/C20H18F2O2/c1-24-15-5-2-13(3-6-15)20-10-19(11-20,12-20)9-18(23)16-7-4-14(21)8-17(16)22/h2-8H,9-12H2,1H3. The van der Waals surface area contributed by atoms with Crippen LogP contribution in [0, 0.1) is 17.0 Å². The molecule has 0 aromatic heterocycles. The van der Waals surface area contributed by atoms with Gasteiger partial charge < -0.3 is 4.74 Å². The molecule has 4 heteroatoms. The Bertz CT molecular complexity index is 791. The summed E-state index contributed by atoms with van der Waals surface area (Å²) in [6.07, 6.45) is 3.22. The highest BCUT2D eigenvalue weighted by Gasteiger charge is 2.68. The number of carbonyl (C=O) groups is 1. The molecule has 0 atom stereocenters. The summed E-state index contributed by atoms with van der Waals surface area (Å²) in [5, 5.41) is 0. The Labute approximate surface area is 139 Å². The van der Waals surface area contributed by atoms with E-state index in [4.69, 9.17) is 4.74 Å². The van der Waals surface area contributed by atoms with Gasteiger partial charge in [-0.15, -0.1) is 0 Å².